The van der Waals surface area contributed by atoms with Gasteiger partial charge in [0.2, 0.25) is 11.8 Å². The fourth-order valence-corrected chi connectivity index (χ4v) is 3.42. The van der Waals surface area contributed by atoms with Crippen molar-refractivity contribution in [1.29, 1.82) is 0 Å². The standard InChI is InChI=1S/C21H24ClN3O2/c1-13-12-16(9-10-19(13)25-11-5-8-20(25)26)23-15(3)21(27)24-18-7-4-6-17(22)14(18)2/h4,6-7,9-10,12,15,23H,5,8,11H2,1-3H3,(H,24,27)/t15-/m0/s1. The summed E-state index contributed by atoms with van der Waals surface area (Å²) >= 11 is 6.11. The smallest absolute Gasteiger partial charge is 0.246 e. The van der Waals surface area contributed by atoms with Crippen LogP contribution in [0, 0.1) is 13.8 Å². The van der Waals surface area contributed by atoms with Crippen LogP contribution in [0.2, 0.25) is 5.02 Å². The zero-order valence-corrected chi connectivity index (χ0v) is 16.6. The lowest BCUT2D eigenvalue weighted by molar-refractivity contribution is -0.117. The van der Waals surface area contributed by atoms with Gasteiger partial charge in [-0.25, -0.2) is 0 Å². The first-order valence-electron chi connectivity index (χ1n) is 9.10. The van der Waals surface area contributed by atoms with Crippen molar-refractivity contribution < 1.29 is 9.59 Å². The molecule has 1 heterocycles. The molecule has 0 unspecified atom stereocenters. The molecule has 142 valence electrons. The number of rotatable bonds is 5. The summed E-state index contributed by atoms with van der Waals surface area (Å²) in [5.74, 6) is 0.0280. The van der Waals surface area contributed by atoms with Crippen LogP contribution in [0.15, 0.2) is 36.4 Å². The van der Waals surface area contributed by atoms with Crippen molar-refractivity contribution in [3.63, 3.8) is 0 Å². The number of nitrogens with one attached hydrogen (secondary N) is 2. The van der Waals surface area contributed by atoms with Crippen molar-refractivity contribution in [2.45, 2.75) is 39.7 Å². The molecule has 1 aliphatic heterocycles. The van der Waals surface area contributed by atoms with Crippen LogP contribution in [-0.4, -0.2) is 24.4 Å². The molecular formula is C21H24ClN3O2. The van der Waals surface area contributed by atoms with E-state index in [1.54, 1.807) is 6.07 Å². The summed E-state index contributed by atoms with van der Waals surface area (Å²) < 4.78 is 0. The van der Waals surface area contributed by atoms with Gasteiger partial charge in [-0.2, -0.15) is 0 Å². The number of benzene rings is 2. The minimum atomic E-state index is -0.429. The van der Waals surface area contributed by atoms with E-state index in [1.807, 2.05) is 56.0 Å². The number of amides is 2. The highest BCUT2D eigenvalue weighted by atomic mass is 35.5. The average Bonchev–Trinajstić information content (AvgIpc) is 3.05. The van der Waals surface area contributed by atoms with Gasteiger partial charge in [0.1, 0.15) is 6.04 Å². The second-order valence-corrected chi connectivity index (χ2v) is 7.33. The normalized spacial score (nSPS) is 15.0. The van der Waals surface area contributed by atoms with Gasteiger partial charge >= 0.3 is 0 Å². The molecule has 0 aliphatic carbocycles. The Morgan fingerprint density at radius 2 is 2.00 bits per heavy atom. The average molecular weight is 386 g/mol. The van der Waals surface area contributed by atoms with E-state index in [4.69, 9.17) is 11.6 Å². The predicted molar refractivity (Wildman–Crippen MR) is 111 cm³/mol. The van der Waals surface area contributed by atoms with E-state index in [0.29, 0.717) is 17.1 Å². The van der Waals surface area contributed by atoms with Gasteiger partial charge in [-0.05, 0) is 68.7 Å². The first kappa shape index (κ1) is 19.2. The van der Waals surface area contributed by atoms with E-state index >= 15 is 0 Å². The van der Waals surface area contributed by atoms with Gasteiger partial charge in [-0.15, -0.1) is 0 Å². The van der Waals surface area contributed by atoms with Gasteiger partial charge in [0.05, 0.1) is 0 Å². The summed E-state index contributed by atoms with van der Waals surface area (Å²) in [5, 5.41) is 6.75. The fourth-order valence-electron chi connectivity index (χ4n) is 3.25. The van der Waals surface area contributed by atoms with Crippen molar-refractivity contribution in [2.75, 3.05) is 22.1 Å². The van der Waals surface area contributed by atoms with Gasteiger partial charge in [0.25, 0.3) is 0 Å². The Morgan fingerprint density at radius 3 is 2.67 bits per heavy atom. The van der Waals surface area contributed by atoms with E-state index < -0.39 is 6.04 Å². The number of carbonyl (C=O) groups excluding carboxylic acids is 2. The Morgan fingerprint density at radius 1 is 1.22 bits per heavy atom. The number of hydrogen-bond donors (Lipinski definition) is 2. The van der Waals surface area contributed by atoms with Crippen LogP contribution in [-0.2, 0) is 9.59 Å². The summed E-state index contributed by atoms with van der Waals surface area (Å²) in [4.78, 5) is 26.3. The maximum Gasteiger partial charge on any atom is 0.246 e. The summed E-state index contributed by atoms with van der Waals surface area (Å²) in [5.41, 5.74) is 4.34. The number of carbonyl (C=O) groups is 2. The minimum absolute atomic E-state index is 0.142. The van der Waals surface area contributed by atoms with Crippen LogP contribution in [0.3, 0.4) is 0 Å². The monoisotopic (exact) mass is 385 g/mol. The van der Waals surface area contributed by atoms with Crippen molar-refractivity contribution in [3.8, 4) is 0 Å². The van der Waals surface area contributed by atoms with Crippen molar-refractivity contribution in [1.82, 2.24) is 0 Å². The number of halogens is 1. The molecule has 0 spiro atoms. The van der Waals surface area contributed by atoms with Gasteiger partial charge in [0.15, 0.2) is 0 Å². The Bertz CT molecular complexity index is 882. The first-order valence-corrected chi connectivity index (χ1v) is 9.48. The quantitative estimate of drug-likeness (QED) is 0.795. The highest BCUT2D eigenvalue weighted by Gasteiger charge is 2.23. The Labute approximate surface area is 164 Å². The molecule has 1 atom stereocenters. The summed E-state index contributed by atoms with van der Waals surface area (Å²) in [7, 11) is 0. The second kappa shape index (κ2) is 8.01. The summed E-state index contributed by atoms with van der Waals surface area (Å²) in [6.07, 6.45) is 1.51. The lowest BCUT2D eigenvalue weighted by atomic mass is 10.1. The lowest BCUT2D eigenvalue weighted by Gasteiger charge is -2.21. The maximum absolute atomic E-state index is 12.5. The summed E-state index contributed by atoms with van der Waals surface area (Å²) in [6.45, 7) is 6.43. The van der Waals surface area contributed by atoms with Crippen molar-refractivity contribution in [2.24, 2.45) is 0 Å². The predicted octanol–water partition coefficient (Wildman–Crippen LogP) is 4.52. The molecule has 1 fully saturated rings. The van der Waals surface area contributed by atoms with E-state index in [1.165, 1.54) is 0 Å². The van der Waals surface area contributed by atoms with Crippen LogP contribution >= 0.6 is 11.6 Å². The molecule has 6 heteroatoms. The first-order chi connectivity index (χ1) is 12.9. The molecule has 5 nitrogen and oxygen atoms in total. The highest BCUT2D eigenvalue weighted by molar-refractivity contribution is 6.31. The van der Waals surface area contributed by atoms with E-state index in [0.717, 1.165) is 35.5 Å². The van der Waals surface area contributed by atoms with Crippen LogP contribution < -0.4 is 15.5 Å². The van der Waals surface area contributed by atoms with Gasteiger partial charge in [0, 0.05) is 35.1 Å². The van der Waals surface area contributed by atoms with E-state index in [9.17, 15) is 9.59 Å². The van der Waals surface area contributed by atoms with Gasteiger partial charge in [-0.1, -0.05) is 17.7 Å². The van der Waals surface area contributed by atoms with Gasteiger partial charge in [-0.3, -0.25) is 9.59 Å². The molecule has 0 bridgehead atoms. The SMILES string of the molecule is Cc1cc(N[C@@H](C)C(=O)Nc2cccc(Cl)c2C)ccc1N1CCCC1=O. The molecule has 1 saturated heterocycles. The Hall–Kier alpha value is -2.53. The molecule has 2 N–H and O–H groups in total. The molecule has 2 aromatic rings. The number of hydrogen-bond acceptors (Lipinski definition) is 3. The largest absolute Gasteiger partial charge is 0.374 e. The molecule has 0 aromatic heterocycles. The molecule has 2 amide bonds. The zero-order valence-electron chi connectivity index (χ0n) is 15.8. The number of nitrogens with zero attached hydrogens (tertiary/aromatic N) is 1. The summed E-state index contributed by atoms with van der Waals surface area (Å²) in [6, 6.07) is 10.8. The molecular weight excluding hydrogens is 362 g/mol. The maximum atomic E-state index is 12.5. The van der Waals surface area contributed by atoms with E-state index in [-0.39, 0.29) is 11.8 Å². The lowest BCUT2D eigenvalue weighted by Crippen LogP contribution is -2.32. The number of anilines is 3. The molecule has 0 saturated carbocycles. The molecule has 3 rings (SSSR count). The third-order valence-electron chi connectivity index (χ3n) is 4.86. The third kappa shape index (κ3) is 4.25. The van der Waals surface area contributed by atoms with Crippen molar-refractivity contribution >= 4 is 40.5 Å². The van der Waals surface area contributed by atoms with E-state index in [2.05, 4.69) is 10.6 Å². The Balaban J connectivity index is 1.67. The van der Waals surface area contributed by atoms with Crippen LogP contribution in [0.5, 0.6) is 0 Å². The van der Waals surface area contributed by atoms with Crippen LogP contribution in [0.25, 0.3) is 0 Å². The minimum Gasteiger partial charge on any atom is -0.374 e. The van der Waals surface area contributed by atoms with Gasteiger partial charge < -0.3 is 15.5 Å². The third-order valence-corrected chi connectivity index (χ3v) is 5.27. The molecule has 1 aliphatic rings. The second-order valence-electron chi connectivity index (χ2n) is 6.92. The number of aryl methyl sites for hydroxylation is 1. The van der Waals surface area contributed by atoms with Crippen molar-refractivity contribution in [3.05, 3.63) is 52.5 Å². The van der Waals surface area contributed by atoms with Crippen LogP contribution in [0.4, 0.5) is 17.1 Å². The molecule has 2 aromatic carbocycles. The fraction of sp³-hybridized carbons (Fsp3) is 0.333. The van der Waals surface area contributed by atoms with Crippen LogP contribution in [0.1, 0.15) is 30.9 Å². The topological polar surface area (TPSA) is 61.4 Å². The highest BCUT2D eigenvalue weighted by Crippen LogP contribution is 2.28. The Kier molecular flexibility index (Phi) is 5.71. The zero-order chi connectivity index (χ0) is 19.6. The molecule has 27 heavy (non-hydrogen) atoms. The molecule has 0 radical (unpaired) electrons.